The Morgan fingerprint density at radius 2 is 2.29 bits per heavy atom. The number of ether oxygens (including phenoxy) is 1. The molecule has 0 N–H and O–H groups in total. The molecule has 0 radical (unpaired) electrons. The second-order valence-electron chi connectivity index (χ2n) is 4.40. The zero-order valence-corrected chi connectivity index (χ0v) is 11.5. The van der Waals surface area contributed by atoms with Gasteiger partial charge in [-0.2, -0.15) is 0 Å². The van der Waals surface area contributed by atoms with Crippen molar-refractivity contribution in [3.05, 3.63) is 29.3 Å². The molecule has 0 bridgehead atoms. The van der Waals surface area contributed by atoms with Crippen molar-refractivity contribution in [3.8, 4) is 5.75 Å². The van der Waals surface area contributed by atoms with Crippen LogP contribution in [0.1, 0.15) is 31.4 Å². The molecule has 0 amide bonds. The minimum Gasteiger partial charge on any atom is -0.494 e. The van der Waals surface area contributed by atoms with Gasteiger partial charge in [0.25, 0.3) is 0 Å². The highest BCUT2D eigenvalue weighted by atomic mass is 32.2. The fourth-order valence-electron chi connectivity index (χ4n) is 1.81. The number of rotatable bonds is 4. The van der Waals surface area contributed by atoms with Gasteiger partial charge in [0.2, 0.25) is 0 Å². The Morgan fingerprint density at radius 3 is 2.88 bits per heavy atom. The number of aryl methyl sites for hydroxylation is 1. The number of benzene rings is 1. The number of nitrogens with zero attached hydrogens (tertiary/aromatic N) is 1. The molecular weight excluding hydrogens is 230 g/mol. The molecule has 1 aromatic rings. The first-order chi connectivity index (χ1) is 8.20. The van der Waals surface area contributed by atoms with Crippen LogP contribution >= 0.6 is 11.8 Å². The van der Waals surface area contributed by atoms with E-state index in [1.165, 1.54) is 16.2 Å². The highest BCUT2D eigenvalue weighted by molar-refractivity contribution is 8.15. The molecule has 0 aromatic heterocycles. The van der Waals surface area contributed by atoms with Gasteiger partial charge in [-0.05, 0) is 37.1 Å². The van der Waals surface area contributed by atoms with Crippen molar-refractivity contribution in [2.24, 2.45) is 4.99 Å². The van der Waals surface area contributed by atoms with Crippen LogP contribution in [0, 0.1) is 6.92 Å². The predicted molar refractivity (Wildman–Crippen MR) is 75.4 cm³/mol. The third kappa shape index (κ3) is 3.03. The molecule has 3 heteroatoms. The van der Waals surface area contributed by atoms with Gasteiger partial charge in [-0.1, -0.05) is 13.8 Å². The van der Waals surface area contributed by atoms with E-state index < -0.39 is 0 Å². The lowest BCUT2D eigenvalue weighted by molar-refractivity contribution is 0.317. The maximum atomic E-state index is 5.63. The van der Waals surface area contributed by atoms with Gasteiger partial charge < -0.3 is 4.74 Å². The third-order valence-electron chi connectivity index (χ3n) is 2.71. The Balaban J connectivity index is 2.14. The quantitative estimate of drug-likeness (QED) is 0.812. The summed E-state index contributed by atoms with van der Waals surface area (Å²) in [5, 5.41) is 1.79. The van der Waals surface area contributed by atoms with E-state index in [4.69, 9.17) is 4.74 Å². The third-order valence-corrected chi connectivity index (χ3v) is 3.83. The Bertz CT molecular complexity index is 428. The van der Waals surface area contributed by atoms with Crippen LogP contribution in [0.3, 0.4) is 0 Å². The molecule has 1 aromatic carbocycles. The first kappa shape index (κ1) is 12.5. The summed E-state index contributed by atoms with van der Waals surface area (Å²) in [5.41, 5.74) is 2.50. The van der Waals surface area contributed by atoms with Crippen molar-refractivity contribution in [2.45, 2.75) is 32.4 Å². The van der Waals surface area contributed by atoms with Crippen molar-refractivity contribution >= 4 is 16.8 Å². The normalized spacial score (nSPS) is 19.2. The monoisotopic (exact) mass is 249 g/mol. The molecule has 1 heterocycles. The summed E-state index contributed by atoms with van der Waals surface area (Å²) in [6.45, 7) is 8.18. The van der Waals surface area contributed by atoms with Crippen LogP contribution in [0.5, 0.6) is 5.75 Å². The van der Waals surface area contributed by atoms with E-state index >= 15 is 0 Å². The van der Waals surface area contributed by atoms with Crippen molar-refractivity contribution < 1.29 is 4.74 Å². The Morgan fingerprint density at radius 1 is 1.47 bits per heavy atom. The molecule has 0 saturated carbocycles. The summed E-state index contributed by atoms with van der Waals surface area (Å²) < 4.78 is 5.63. The zero-order chi connectivity index (χ0) is 12.3. The van der Waals surface area contributed by atoms with Gasteiger partial charge in [0.05, 0.1) is 18.2 Å². The van der Waals surface area contributed by atoms with Crippen LogP contribution in [0.25, 0.3) is 0 Å². The van der Waals surface area contributed by atoms with Crippen molar-refractivity contribution in [1.82, 2.24) is 0 Å². The van der Waals surface area contributed by atoms with E-state index in [0.29, 0.717) is 5.25 Å². The molecule has 0 unspecified atom stereocenters. The van der Waals surface area contributed by atoms with Gasteiger partial charge in [0.15, 0.2) is 0 Å². The van der Waals surface area contributed by atoms with Crippen molar-refractivity contribution in [2.75, 3.05) is 13.2 Å². The summed E-state index contributed by atoms with van der Waals surface area (Å²) in [4.78, 5) is 4.58. The second-order valence-corrected chi connectivity index (χ2v) is 5.83. The number of hydrogen-bond acceptors (Lipinski definition) is 3. The lowest BCUT2D eigenvalue weighted by Gasteiger charge is -2.09. The molecule has 2 rings (SSSR count). The largest absolute Gasteiger partial charge is 0.494 e. The highest BCUT2D eigenvalue weighted by Crippen LogP contribution is 2.28. The van der Waals surface area contributed by atoms with Crippen LogP contribution in [-0.4, -0.2) is 23.4 Å². The zero-order valence-electron chi connectivity index (χ0n) is 10.7. The van der Waals surface area contributed by atoms with Gasteiger partial charge >= 0.3 is 0 Å². The molecule has 0 saturated heterocycles. The summed E-state index contributed by atoms with van der Waals surface area (Å²) in [7, 11) is 0. The number of thioether (sulfide) groups is 1. The summed E-state index contributed by atoms with van der Waals surface area (Å²) in [6.07, 6.45) is 1.04. The SMILES string of the molecule is CCCOc1ccc(C2=NC[C@@H](C)S2)c(C)c1. The summed E-state index contributed by atoms with van der Waals surface area (Å²) in [6, 6.07) is 6.28. The van der Waals surface area contributed by atoms with Crippen LogP contribution in [0.2, 0.25) is 0 Å². The molecule has 2 nitrogen and oxygen atoms in total. The molecule has 0 spiro atoms. The fourth-order valence-corrected chi connectivity index (χ4v) is 2.85. The Labute approximate surface area is 107 Å². The maximum absolute atomic E-state index is 5.63. The average molecular weight is 249 g/mol. The van der Waals surface area contributed by atoms with Gasteiger partial charge in [0, 0.05) is 10.8 Å². The standard InChI is InChI=1S/C14H19NOS/c1-4-7-16-12-5-6-13(10(2)8-12)14-15-9-11(3)17-14/h5-6,8,11H,4,7,9H2,1-3H3/t11-/m1/s1. The lowest BCUT2D eigenvalue weighted by atomic mass is 10.1. The van der Waals surface area contributed by atoms with Crippen LogP contribution in [0.4, 0.5) is 0 Å². The molecule has 92 valence electrons. The molecule has 0 fully saturated rings. The van der Waals surface area contributed by atoms with Crippen LogP contribution < -0.4 is 4.74 Å². The maximum Gasteiger partial charge on any atom is 0.119 e. The van der Waals surface area contributed by atoms with E-state index in [9.17, 15) is 0 Å². The first-order valence-electron chi connectivity index (χ1n) is 6.15. The highest BCUT2D eigenvalue weighted by Gasteiger charge is 2.18. The molecule has 0 aliphatic carbocycles. The smallest absolute Gasteiger partial charge is 0.119 e. The van der Waals surface area contributed by atoms with E-state index in [1.54, 1.807) is 0 Å². The number of aliphatic imine (C=N–C) groups is 1. The Hall–Kier alpha value is -0.960. The van der Waals surface area contributed by atoms with E-state index in [-0.39, 0.29) is 0 Å². The van der Waals surface area contributed by atoms with E-state index in [2.05, 4.69) is 37.9 Å². The van der Waals surface area contributed by atoms with Gasteiger partial charge in [-0.15, -0.1) is 11.8 Å². The predicted octanol–water partition coefficient (Wildman–Crippen LogP) is 3.67. The van der Waals surface area contributed by atoms with Crippen molar-refractivity contribution in [3.63, 3.8) is 0 Å². The van der Waals surface area contributed by atoms with Crippen molar-refractivity contribution in [1.29, 1.82) is 0 Å². The average Bonchev–Trinajstić information content (AvgIpc) is 2.73. The first-order valence-corrected chi connectivity index (χ1v) is 7.03. The molecular formula is C14H19NOS. The van der Waals surface area contributed by atoms with Gasteiger partial charge in [-0.3, -0.25) is 4.99 Å². The molecule has 1 aliphatic rings. The fraction of sp³-hybridized carbons (Fsp3) is 0.500. The van der Waals surface area contributed by atoms with Gasteiger partial charge in [-0.25, -0.2) is 0 Å². The van der Waals surface area contributed by atoms with Crippen LogP contribution in [-0.2, 0) is 0 Å². The minimum atomic E-state index is 0.611. The van der Waals surface area contributed by atoms with E-state index in [0.717, 1.165) is 25.3 Å². The summed E-state index contributed by atoms with van der Waals surface area (Å²) in [5.74, 6) is 0.963. The summed E-state index contributed by atoms with van der Waals surface area (Å²) >= 11 is 1.87. The minimum absolute atomic E-state index is 0.611. The lowest BCUT2D eigenvalue weighted by Crippen LogP contribution is -2.00. The topological polar surface area (TPSA) is 21.6 Å². The molecule has 17 heavy (non-hydrogen) atoms. The van der Waals surface area contributed by atoms with Gasteiger partial charge in [0.1, 0.15) is 5.75 Å². The Kier molecular flexibility index (Phi) is 4.11. The van der Waals surface area contributed by atoms with E-state index in [1.807, 2.05) is 17.8 Å². The number of hydrogen-bond donors (Lipinski definition) is 0. The second kappa shape index (κ2) is 5.58. The van der Waals surface area contributed by atoms with Crippen LogP contribution in [0.15, 0.2) is 23.2 Å². The molecule has 1 atom stereocenters. The molecule has 1 aliphatic heterocycles.